The van der Waals surface area contributed by atoms with Gasteiger partial charge >= 0.3 is 0 Å². The van der Waals surface area contributed by atoms with Crippen molar-refractivity contribution in [2.45, 2.75) is 0 Å². The lowest BCUT2D eigenvalue weighted by Crippen LogP contribution is -2.17. The summed E-state index contributed by atoms with van der Waals surface area (Å²) in [4.78, 5) is 11.4. The van der Waals surface area contributed by atoms with Gasteiger partial charge < -0.3 is 14.0 Å². The van der Waals surface area contributed by atoms with E-state index in [0.29, 0.717) is 0 Å². The van der Waals surface area contributed by atoms with Crippen LogP contribution in [-0.4, -0.2) is 19.1 Å². The second-order valence-corrected chi connectivity index (χ2v) is 13.1. The number of fused-ring (bicyclic) bond motifs is 9. The van der Waals surface area contributed by atoms with E-state index in [1.807, 2.05) is 36.9 Å². The van der Waals surface area contributed by atoms with E-state index in [1.165, 1.54) is 55.0 Å². The van der Waals surface area contributed by atoms with E-state index in [9.17, 15) is 0 Å². The second kappa shape index (κ2) is 10.8. The van der Waals surface area contributed by atoms with Crippen molar-refractivity contribution in [1.29, 1.82) is 0 Å². The zero-order valence-corrected chi connectivity index (χ0v) is 27.5. The number of para-hydroxylation sites is 5. The van der Waals surface area contributed by atoms with Crippen LogP contribution in [0.2, 0.25) is 0 Å². The van der Waals surface area contributed by atoms with Crippen LogP contribution in [0.4, 0.5) is 17.1 Å². The Morgan fingerprint density at radius 3 is 1.78 bits per heavy atom. The van der Waals surface area contributed by atoms with Gasteiger partial charge in [0.2, 0.25) is 0 Å². The molecule has 0 bridgehead atoms. The van der Waals surface area contributed by atoms with Gasteiger partial charge in [-0.15, -0.1) is 0 Å². The molecule has 1 aliphatic rings. The lowest BCUT2D eigenvalue weighted by molar-refractivity contribution is 1.11. The molecule has 0 saturated heterocycles. The summed E-state index contributed by atoms with van der Waals surface area (Å²) >= 11 is 0. The number of nitrogens with zero attached hydrogens (tertiary/aromatic N) is 5. The maximum atomic E-state index is 4.48. The number of aromatic nitrogens is 4. The predicted octanol–water partition coefficient (Wildman–Crippen LogP) is 11.8. The van der Waals surface area contributed by atoms with E-state index in [4.69, 9.17) is 0 Å². The fourth-order valence-electron chi connectivity index (χ4n) is 8.25. The zero-order valence-electron chi connectivity index (χ0n) is 27.5. The van der Waals surface area contributed by atoms with Gasteiger partial charge in [0.15, 0.2) is 0 Å². The molecule has 0 amide bonds. The number of anilines is 3. The van der Waals surface area contributed by atoms with Crippen molar-refractivity contribution < 1.29 is 0 Å². The Labute approximate surface area is 293 Å². The normalized spacial score (nSPS) is 12.3. The predicted molar refractivity (Wildman–Crippen MR) is 210 cm³/mol. The smallest absolute Gasteiger partial charge is 0.0784 e. The van der Waals surface area contributed by atoms with Gasteiger partial charge in [0.1, 0.15) is 0 Å². The highest BCUT2D eigenvalue weighted by atomic mass is 15.2. The summed E-state index contributed by atoms with van der Waals surface area (Å²) in [5, 5.41) is 4.91. The molecule has 0 N–H and O–H groups in total. The molecule has 0 aliphatic carbocycles. The van der Waals surface area contributed by atoms with Crippen molar-refractivity contribution >= 4 is 60.7 Å². The molecule has 0 fully saturated rings. The van der Waals surface area contributed by atoms with Crippen LogP contribution in [0.5, 0.6) is 0 Å². The second-order valence-electron chi connectivity index (χ2n) is 13.1. The van der Waals surface area contributed by atoms with Gasteiger partial charge in [-0.3, -0.25) is 9.97 Å². The molecule has 0 radical (unpaired) electrons. The Balaban J connectivity index is 1.30. The summed E-state index contributed by atoms with van der Waals surface area (Å²) in [5.74, 6) is 0. The molecule has 5 nitrogen and oxygen atoms in total. The molecule has 51 heavy (non-hydrogen) atoms. The highest BCUT2D eigenvalue weighted by molar-refractivity contribution is 6.28. The SMILES string of the molecule is c1ccc(N2c3ccccc3-n3c4ccc5c6ccccc6n(-c6cc(-c7cccnc7)cc(-c7cccnc7)c6)c5c4c4cccc2c43)cc1. The topological polar surface area (TPSA) is 38.9 Å². The summed E-state index contributed by atoms with van der Waals surface area (Å²) < 4.78 is 4.95. The third kappa shape index (κ3) is 4.03. The molecule has 5 heteroatoms. The van der Waals surface area contributed by atoms with Gasteiger partial charge in [0.25, 0.3) is 0 Å². The summed E-state index contributed by atoms with van der Waals surface area (Å²) in [5.41, 5.74) is 14.8. The average molecular weight is 652 g/mol. The van der Waals surface area contributed by atoms with Crippen LogP contribution in [0, 0.1) is 0 Å². The first-order chi connectivity index (χ1) is 25.3. The van der Waals surface area contributed by atoms with Gasteiger partial charge in [0.05, 0.1) is 39.1 Å². The van der Waals surface area contributed by atoms with Crippen molar-refractivity contribution in [1.82, 2.24) is 19.1 Å². The molecular formula is C46H29N5. The van der Waals surface area contributed by atoms with Crippen LogP contribution in [-0.2, 0) is 0 Å². The monoisotopic (exact) mass is 651 g/mol. The maximum Gasteiger partial charge on any atom is 0.0784 e. The molecule has 4 aromatic heterocycles. The fourth-order valence-corrected chi connectivity index (χ4v) is 8.25. The Kier molecular flexibility index (Phi) is 5.89. The van der Waals surface area contributed by atoms with Crippen molar-refractivity contribution in [2.75, 3.05) is 4.90 Å². The van der Waals surface area contributed by atoms with E-state index in [2.05, 4.69) is 164 Å². The molecule has 6 aromatic carbocycles. The molecule has 1 aliphatic heterocycles. The minimum Gasteiger partial charge on any atom is -0.308 e. The Bertz CT molecular complexity index is 2900. The Morgan fingerprint density at radius 2 is 1.04 bits per heavy atom. The molecule has 5 heterocycles. The Morgan fingerprint density at radius 1 is 0.373 bits per heavy atom. The first-order valence-electron chi connectivity index (χ1n) is 17.2. The summed E-state index contributed by atoms with van der Waals surface area (Å²) in [6, 6.07) is 54.8. The van der Waals surface area contributed by atoms with Crippen LogP contribution in [0.3, 0.4) is 0 Å². The quantitative estimate of drug-likeness (QED) is 0.190. The molecule has 0 saturated carbocycles. The molecule has 11 rings (SSSR count). The first-order valence-corrected chi connectivity index (χ1v) is 17.2. The minimum atomic E-state index is 1.07. The molecule has 238 valence electrons. The van der Waals surface area contributed by atoms with Gasteiger partial charge in [0, 0.05) is 68.8 Å². The van der Waals surface area contributed by atoms with Crippen LogP contribution >= 0.6 is 0 Å². The lowest BCUT2D eigenvalue weighted by atomic mass is 9.99. The first kappa shape index (κ1) is 27.9. The van der Waals surface area contributed by atoms with Gasteiger partial charge in [-0.1, -0.05) is 78.9 Å². The Hall–Kier alpha value is -6.98. The number of benzene rings is 6. The van der Waals surface area contributed by atoms with E-state index < -0.39 is 0 Å². The van der Waals surface area contributed by atoms with E-state index in [1.54, 1.807) is 0 Å². The van der Waals surface area contributed by atoms with E-state index >= 15 is 0 Å². The van der Waals surface area contributed by atoms with Crippen LogP contribution in [0.25, 0.3) is 77.2 Å². The highest BCUT2D eigenvalue weighted by Crippen LogP contribution is 2.51. The molecule has 0 spiro atoms. The molecule has 0 unspecified atom stereocenters. The fraction of sp³-hybridized carbons (Fsp3) is 0. The molecular weight excluding hydrogens is 623 g/mol. The minimum absolute atomic E-state index is 1.07. The number of hydrogen-bond acceptors (Lipinski definition) is 3. The summed E-state index contributed by atoms with van der Waals surface area (Å²) in [6.07, 6.45) is 7.53. The van der Waals surface area contributed by atoms with Gasteiger partial charge in [-0.25, -0.2) is 0 Å². The van der Waals surface area contributed by atoms with Crippen LogP contribution in [0.1, 0.15) is 0 Å². The van der Waals surface area contributed by atoms with Crippen molar-refractivity contribution in [3.8, 4) is 33.6 Å². The van der Waals surface area contributed by atoms with Crippen molar-refractivity contribution in [3.05, 3.63) is 176 Å². The largest absolute Gasteiger partial charge is 0.308 e. The third-order valence-corrected chi connectivity index (χ3v) is 10.3. The average Bonchev–Trinajstić information content (AvgIpc) is 3.73. The third-order valence-electron chi connectivity index (χ3n) is 10.3. The summed E-state index contributed by atoms with van der Waals surface area (Å²) in [7, 11) is 0. The lowest BCUT2D eigenvalue weighted by Gasteiger charge is -2.33. The number of hydrogen-bond donors (Lipinski definition) is 0. The van der Waals surface area contributed by atoms with Gasteiger partial charge in [-0.05, 0) is 83.9 Å². The summed E-state index contributed by atoms with van der Waals surface area (Å²) in [6.45, 7) is 0. The van der Waals surface area contributed by atoms with E-state index in [-0.39, 0.29) is 0 Å². The number of rotatable bonds is 4. The molecule has 0 atom stereocenters. The van der Waals surface area contributed by atoms with Crippen LogP contribution < -0.4 is 4.90 Å². The van der Waals surface area contributed by atoms with Crippen molar-refractivity contribution in [3.63, 3.8) is 0 Å². The van der Waals surface area contributed by atoms with Gasteiger partial charge in [-0.2, -0.15) is 0 Å². The standard InChI is InChI=1S/C46H29N5/c1-2-13-34(14-3-1)49-40-18-6-7-19-41(40)51-42-22-21-37-36-15-4-5-17-39(36)50(46(37)44(42)38-16-8-20-43(49)45(38)51)35-26-32(30-11-9-23-47-28-30)25-33(27-35)31-12-10-24-48-29-31/h1-29H. The maximum absolute atomic E-state index is 4.48. The van der Waals surface area contributed by atoms with E-state index in [0.717, 1.165) is 39.3 Å². The van der Waals surface area contributed by atoms with Crippen LogP contribution in [0.15, 0.2) is 176 Å². The highest BCUT2D eigenvalue weighted by Gasteiger charge is 2.30. The molecule has 10 aromatic rings. The zero-order chi connectivity index (χ0) is 33.5. The number of pyridine rings is 2. The van der Waals surface area contributed by atoms with Crippen molar-refractivity contribution in [2.24, 2.45) is 0 Å².